The highest BCUT2D eigenvalue weighted by Crippen LogP contribution is 2.17. The lowest BCUT2D eigenvalue weighted by Gasteiger charge is -2.06. The predicted octanol–water partition coefficient (Wildman–Crippen LogP) is 2.54. The zero-order chi connectivity index (χ0) is 15.1. The molecule has 0 fully saturated rings. The molecule has 0 spiro atoms. The van der Waals surface area contributed by atoms with Crippen LogP contribution >= 0.6 is 0 Å². The second-order valence-electron chi connectivity index (χ2n) is 4.71. The smallest absolute Gasteiger partial charge is 0.194 e. The minimum Gasteiger partial charge on any atom is -0.497 e. The van der Waals surface area contributed by atoms with E-state index in [0.717, 1.165) is 35.8 Å². The summed E-state index contributed by atoms with van der Waals surface area (Å²) >= 11 is 0. The molecule has 2 aromatic rings. The molecular formula is C16H21NO4. The normalized spacial score (nSPS) is 10.6. The molecule has 1 aromatic heterocycles. The van der Waals surface area contributed by atoms with Crippen molar-refractivity contribution >= 4 is 0 Å². The van der Waals surface area contributed by atoms with Crippen molar-refractivity contribution in [3.8, 4) is 11.5 Å². The molecular weight excluding hydrogens is 270 g/mol. The van der Waals surface area contributed by atoms with Crippen LogP contribution in [-0.2, 0) is 12.8 Å². The summed E-state index contributed by atoms with van der Waals surface area (Å²) in [5, 5.41) is 8.92. The van der Waals surface area contributed by atoms with Crippen LogP contribution in [0.2, 0.25) is 0 Å². The van der Waals surface area contributed by atoms with Crippen LogP contribution in [0.5, 0.6) is 11.5 Å². The molecule has 5 heteroatoms. The van der Waals surface area contributed by atoms with Gasteiger partial charge in [-0.3, -0.25) is 0 Å². The molecule has 0 aliphatic heterocycles. The second-order valence-corrected chi connectivity index (χ2v) is 4.71. The van der Waals surface area contributed by atoms with E-state index in [1.54, 1.807) is 7.11 Å². The number of oxazole rings is 1. The summed E-state index contributed by atoms with van der Waals surface area (Å²) in [6, 6.07) is 7.50. The molecule has 1 N–H and O–H groups in total. The molecule has 21 heavy (non-hydrogen) atoms. The zero-order valence-corrected chi connectivity index (χ0v) is 12.5. The molecule has 0 amide bonds. The van der Waals surface area contributed by atoms with Gasteiger partial charge in [0.2, 0.25) is 0 Å². The summed E-state index contributed by atoms with van der Waals surface area (Å²) < 4.78 is 16.3. The Morgan fingerprint density at radius 2 is 1.86 bits per heavy atom. The van der Waals surface area contributed by atoms with Crippen molar-refractivity contribution in [2.45, 2.75) is 26.2 Å². The first kappa shape index (κ1) is 15.4. The summed E-state index contributed by atoms with van der Waals surface area (Å²) in [6.07, 6.45) is 2.09. The number of hydrogen-bond donors (Lipinski definition) is 1. The number of rotatable bonds is 8. The third kappa shape index (κ3) is 4.49. The summed E-state index contributed by atoms with van der Waals surface area (Å²) in [4.78, 5) is 4.37. The number of ether oxygens (including phenoxy) is 2. The van der Waals surface area contributed by atoms with Crippen LogP contribution < -0.4 is 9.47 Å². The van der Waals surface area contributed by atoms with Gasteiger partial charge < -0.3 is 19.0 Å². The number of aliphatic hydroxyl groups excluding tert-OH is 1. The average molecular weight is 291 g/mol. The van der Waals surface area contributed by atoms with Gasteiger partial charge in [-0.2, -0.15) is 0 Å². The Bertz CT molecular complexity index is 548. The third-order valence-corrected chi connectivity index (χ3v) is 3.15. The largest absolute Gasteiger partial charge is 0.497 e. The van der Waals surface area contributed by atoms with E-state index in [0.29, 0.717) is 18.9 Å². The lowest BCUT2D eigenvalue weighted by atomic mass is 10.3. The first-order valence-electron chi connectivity index (χ1n) is 7.06. The first-order chi connectivity index (χ1) is 10.2. The fraction of sp³-hybridized carbons (Fsp3) is 0.438. The quantitative estimate of drug-likeness (QED) is 0.757. The maximum atomic E-state index is 8.92. The molecule has 5 nitrogen and oxygen atoms in total. The number of aromatic nitrogens is 1. The van der Waals surface area contributed by atoms with Crippen LogP contribution in [0, 0.1) is 6.92 Å². The molecule has 0 radical (unpaired) electrons. The van der Waals surface area contributed by atoms with Crippen LogP contribution in [0.15, 0.2) is 28.7 Å². The highest BCUT2D eigenvalue weighted by molar-refractivity contribution is 5.31. The first-order valence-corrected chi connectivity index (χ1v) is 7.06. The van der Waals surface area contributed by atoms with E-state index in [4.69, 9.17) is 19.0 Å². The standard InChI is InChI=1S/C16H21NO4/c1-12-15(9-10-18)17-16(21-12)4-3-11-20-14-7-5-13(19-2)6-8-14/h5-8,18H,3-4,9-11H2,1-2H3. The Hall–Kier alpha value is -2.01. The highest BCUT2D eigenvalue weighted by atomic mass is 16.5. The van der Waals surface area contributed by atoms with E-state index in [1.807, 2.05) is 31.2 Å². The maximum Gasteiger partial charge on any atom is 0.194 e. The van der Waals surface area contributed by atoms with E-state index in [-0.39, 0.29) is 6.61 Å². The van der Waals surface area contributed by atoms with Gasteiger partial charge in [0, 0.05) is 19.4 Å². The molecule has 2 rings (SSSR count). The summed E-state index contributed by atoms with van der Waals surface area (Å²) in [5.74, 6) is 3.12. The van der Waals surface area contributed by atoms with Crippen molar-refractivity contribution < 1.29 is 19.0 Å². The number of methoxy groups -OCH3 is 1. The third-order valence-electron chi connectivity index (χ3n) is 3.15. The van der Waals surface area contributed by atoms with Crippen molar-refractivity contribution in [2.75, 3.05) is 20.3 Å². The molecule has 0 bridgehead atoms. The lowest BCUT2D eigenvalue weighted by molar-refractivity contribution is 0.297. The van der Waals surface area contributed by atoms with Gasteiger partial charge in [0.25, 0.3) is 0 Å². The van der Waals surface area contributed by atoms with E-state index in [1.165, 1.54) is 0 Å². The van der Waals surface area contributed by atoms with Crippen LogP contribution in [0.25, 0.3) is 0 Å². The van der Waals surface area contributed by atoms with Crippen LogP contribution in [0.1, 0.15) is 23.8 Å². The Kier molecular flexibility index (Phi) is 5.63. The van der Waals surface area contributed by atoms with Crippen LogP contribution in [0.4, 0.5) is 0 Å². The maximum absolute atomic E-state index is 8.92. The van der Waals surface area contributed by atoms with Crippen molar-refractivity contribution in [1.82, 2.24) is 4.98 Å². The van der Waals surface area contributed by atoms with Gasteiger partial charge in [-0.15, -0.1) is 0 Å². The lowest BCUT2D eigenvalue weighted by Crippen LogP contribution is -2.00. The van der Waals surface area contributed by atoms with Crippen LogP contribution in [-0.4, -0.2) is 30.4 Å². The average Bonchev–Trinajstić information content (AvgIpc) is 2.85. The Morgan fingerprint density at radius 3 is 2.52 bits per heavy atom. The SMILES string of the molecule is COc1ccc(OCCCc2nc(CCO)c(C)o2)cc1. The van der Waals surface area contributed by atoms with Crippen molar-refractivity contribution in [1.29, 1.82) is 0 Å². The van der Waals surface area contributed by atoms with Gasteiger partial charge in [-0.05, 0) is 37.6 Å². The van der Waals surface area contributed by atoms with Gasteiger partial charge in [0.1, 0.15) is 17.3 Å². The van der Waals surface area contributed by atoms with E-state index >= 15 is 0 Å². The van der Waals surface area contributed by atoms with Crippen LogP contribution in [0.3, 0.4) is 0 Å². The number of hydrogen-bond acceptors (Lipinski definition) is 5. The summed E-state index contributed by atoms with van der Waals surface area (Å²) in [7, 11) is 1.64. The fourth-order valence-electron chi connectivity index (χ4n) is 2.02. The van der Waals surface area contributed by atoms with Crippen molar-refractivity contribution in [2.24, 2.45) is 0 Å². The molecule has 0 unspecified atom stereocenters. The van der Waals surface area contributed by atoms with Gasteiger partial charge in [0.15, 0.2) is 5.89 Å². The van der Waals surface area contributed by atoms with Gasteiger partial charge >= 0.3 is 0 Å². The molecule has 0 saturated heterocycles. The van der Waals surface area contributed by atoms with E-state index < -0.39 is 0 Å². The summed E-state index contributed by atoms with van der Waals surface area (Å²) in [5.41, 5.74) is 0.837. The second kappa shape index (κ2) is 7.69. The molecule has 0 aliphatic rings. The zero-order valence-electron chi connectivity index (χ0n) is 12.5. The van der Waals surface area contributed by atoms with E-state index in [2.05, 4.69) is 4.98 Å². The fourth-order valence-corrected chi connectivity index (χ4v) is 2.02. The highest BCUT2D eigenvalue weighted by Gasteiger charge is 2.08. The van der Waals surface area contributed by atoms with Gasteiger partial charge in [0.05, 0.1) is 19.4 Å². The predicted molar refractivity (Wildman–Crippen MR) is 78.8 cm³/mol. The molecule has 114 valence electrons. The van der Waals surface area contributed by atoms with Crippen molar-refractivity contribution in [3.63, 3.8) is 0 Å². The molecule has 1 aromatic carbocycles. The number of nitrogens with zero attached hydrogens (tertiary/aromatic N) is 1. The number of aliphatic hydroxyl groups is 1. The Morgan fingerprint density at radius 1 is 1.14 bits per heavy atom. The molecule has 0 atom stereocenters. The monoisotopic (exact) mass is 291 g/mol. The minimum absolute atomic E-state index is 0.0907. The van der Waals surface area contributed by atoms with Crippen molar-refractivity contribution in [3.05, 3.63) is 41.6 Å². The number of benzene rings is 1. The van der Waals surface area contributed by atoms with Gasteiger partial charge in [-0.1, -0.05) is 0 Å². The number of aryl methyl sites for hydroxylation is 2. The molecule has 1 heterocycles. The Labute approximate surface area is 124 Å². The van der Waals surface area contributed by atoms with E-state index in [9.17, 15) is 0 Å². The minimum atomic E-state index is 0.0907. The molecule has 0 aliphatic carbocycles. The summed E-state index contributed by atoms with van der Waals surface area (Å²) in [6.45, 7) is 2.56. The Balaban J connectivity index is 1.75. The molecule has 0 saturated carbocycles. The topological polar surface area (TPSA) is 64.7 Å². The van der Waals surface area contributed by atoms with Gasteiger partial charge in [-0.25, -0.2) is 4.98 Å².